The van der Waals surface area contributed by atoms with Gasteiger partial charge in [0.15, 0.2) is 0 Å². The van der Waals surface area contributed by atoms with Gasteiger partial charge in [-0.15, -0.1) is 11.8 Å². The molecule has 2 heterocycles. The predicted molar refractivity (Wildman–Crippen MR) is 98.8 cm³/mol. The van der Waals surface area contributed by atoms with Crippen molar-refractivity contribution in [2.45, 2.75) is 20.3 Å². The second-order valence-corrected chi connectivity index (χ2v) is 7.13. The molecule has 1 aromatic heterocycles. The van der Waals surface area contributed by atoms with Gasteiger partial charge in [0.1, 0.15) is 6.54 Å². The normalized spacial score (nSPS) is 14.2. The number of aromatic nitrogens is 2. The summed E-state index contributed by atoms with van der Waals surface area (Å²) in [6.45, 7) is 4.73. The Bertz CT molecular complexity index is 770. The Morgan fingerprint density at radius 2 is 2.04 bits per heavy atom. The number of carbonyl (C=O) groups is 2. The van der Waals surface area contributed by atoms with Gasteiger partial charge in [0.2, 0.25) is 11.8 Å². The fourth-order valence-corrected chi connectivity index (χ4v) is 3.71. The highest BCUT2D eigenvalue weighted by Gasteiger charge is 2.22. The predicted octanol–water partition coefficient (Wildman–Crippen LogP) is 1.68. The number of aryl methyl sites for hydroxylation is 2. The second kappa shape index (κ2) is 7.74. The summed E-state index contributed by atoms with van der Waals surface area (Å²) >= 11 is 1.54. The maximum absolute atomic E-state index is 11.9. The topological polar surface area (TPSA) is 67.2 Å². The molecule has 132 valence electrons. The molecule has 2 aromatic rings. The Morgan fingerprint density at radius 3 is 2.64 bits per heavy atom. The summed E-state index contributed by atoms with van der Waals surface area (Å²) in [4.78, 5) is 25.0. The van der Waals surface area contributed by atoms with Crippen molar-refractivity contribution < 1.29 is 9.59 Å². The van der Waals surface area contributed by atoms with Crippen molar-refractivity contribution in [1.29, 1.82) is 0 Å². The van der Waals surface area contributed by atoms with Crippen LogP contribution < -0.4 is 5.32 Å². The van der Waals surface area contributed by atoms with Gasteiger partial charge in [0, 0.05) is 12.2 Å². The summed E-state index contributed by atoms with van der Waals surface area (Å²) in [5.74, 6) is 1.03. The molecule has 1 N–H and O–H groups in total. The molecule has 0 bridgehead atoms. The minimum Gasteiger partial charge on any atom is -0.354 e. The van der Waals surface area contributed by atoms with Gasteiger partial charge >= 0.3 is 0 Å². The second-order valence-electron chi connectivity index (χ2n) is 6.17. The van der Waals surface area contributed by atoms with E-state index in [0.29, 0.717) is 18.2 Å². The van der Waals surface area contributed by atoms with Crippen molar-refractivity contribution in [2.24, 2.45) is 0 Å². The van der Waals surface area contributed by atoms with E-state index in [1.807, 2.05) is 36.7 Å². The minimum absolute atomic E-state index is 0.0416. The number of thioether (sulfide) groups is 1. The lowest BCUT2D eigenvalue weighted by molar-refractivity contribution is -0.132. The van der Waals surface area contributed by atoms with Crippen LogP contribution in [0.25, 0.3) is 5.69 Å². The summed E-state index contributed by atoms with van der Waals surface area (Å²) in [6.07, 6.45) is 0.756. The molecule has 1 aliphatic rings. The SMILES string of the molecule is Cc1cc(C)n(-c2ccc(CCNC(=O)CN3CSCC3=O)cc2)n1. The maximum atomic E-state index is 11.9. The van der Waals surface area contributed by atoms with Crippen LogP contribution in [0.15, 0.2) is 30.3 Å². The molecular formula is C18H22N4O2S. The van der Waals surface area contributed by atoms with Crippen LogP contribution in [0.5, 0.6) is 0 Å². The summed E-state index contributed by atoms with van der Waals surface area (Å²) in [6, 6.07) is 10.2. The van der Waals surface area contributed by atoms with Crippen LogP contribution in [0.4, 0.5) is 0 Å². The van der Waals surface area contributed by atoms with Crippen molar-refractivity contribution in [3.8, 4) is 5.69 Å². The van der Waals surface area contributed by atoms with E-state index < -0.39 is 0 Å². The van der Waals surface area contributed by atoms with Gasteiger partial charge in [0.05, 0.1) is 23.0 Å². The van der Waals surface area contributed by atoms with Gasteiger partial charge in [-0.3, -0.25) is 9.59 Å². The van der Waals surface area contributed by atoms with Gasteiger partial charge < -0.3 is 10.2 Å². The van der Waals surface area contributed by atoms with E-state index in [0.717, 1.165) is 29.1 Å². The van der Waals surface area contributed by atoms with Crippen molar-refractivity contribution >= 4 is 23.6 Å². The summed E-state index contributed by atoms with van der Waals surface area (Å²) in [5.41, 5.74) is 4.29. The Morgan fingerprint density at radius 1 is 1.28 bits per heavy atom. The van der Waals surface area contributed by atoms with Gasteiger partial charge in [-0.1, -0.05) is 12.1 Å². The molecule has 3 rings (SSSR count). The van der Waals surface area contributed by atoms with Crippen LogP contribution in [-0.2, 0) is 16.0 Å². The fourth-order valence-electron chi connectivity index (χ4n) is 2.81. The first kappa shape index (κ1) is 17.5. The average molecular weight is 358 g/mol. The zero-order valence-electron chi connectivity index (χ0n) is 14.5. The zero-order valence-corrected chi connectivity index (χ0v) is 15.3. The van der Waals surface area contributed by atoms with Crippen LogP contribution in [0.1, 0.15) is 17.0 Å². The Kier molecular flexibility index (Phi) is 5.43. The van der Waals surface area contributed by atoms with Gasteiger partial charge in [-0.05, 0) is 44.0 Å². The molecule has 1 aliphatic heterocycles. The third kappa shape index (κ3) is 4.42. The third-order valence-electron chi connectivity index (χ3n) is 4.09. The standard InChI is InChI=1S/C18H22N4O2S/c1-13-9-14(2)22(20-13)16-5-3-15(4-6-16)7-8-19-17(23)10-21-12-25-11-18(21)24/h3-6,9H,7-8,10-12H2,1-2H3,(H,19,23). The molecule has 0 radical (unpaired) electrons. The van der Waals surface area contributed by atoms with Crippen LogP contribution in [0, 0.1) is 13.8 Å². The molecule has 0 unspecified atom stereocenters. The number of nitrogens with zero attached hydrogens (tertiary/aromatic N) is 3. The molecule has 7 heteroatoms. The van der Waals surface area contributed by atoms with Crippen molar-refractivity contribution in [2.75, 3.05) is 24.7 Å². The molecule has 1 fully saturated rings. The molecule has 0 atom stereocenters. The number of hydrogen-bond acceptors (Lipinski definition) is 4. The van der Waals surface area contributed by atoms with Crippen LogP contribution in [0.3, 0.4) is 0 Å². The molecule has 2 amide bonds. The highest BCUT2D eigenvalue weighted by Crippen LogP contribution is 2.14. The first-order valence-corrected chi connectivity index (χ1v) is 9.43. The Hall–Kier alpha value is -2.28. The largest absolute Gasteiger partial charge is 0.354 e. The maximum Gasteiger partial charge on any atom is 0.239 e. The Balaban J connectivity index is 1.48. The Labute approximate surface area is 151 Å². The zero-order chi connectivity index (χ0) is 17.8. The highest BCUT2D eigenvalue weighted by atomic mass is 32.2. The van der Waals surface area contributed by atoms with Crippen molar-refractivity contribution in [3.63, 3.8) is 0 Å². The van der Waals surface area contributed by atoms with Gasteiger partial charge in [0.25, 0.3) is 0 Å². The molecule has 1 aromatic carbocycles. The van der Waals surface area contributed by atoms with Gasteiger partial charge in [-0.2, -0.15) is 5.10 Å². The fraction of sp³-hybridized carbons (Fsp3) is 0.389. The molecule has 0 saturated carbocycles. The first-order valence-electron chi connectivity index (χ1n) is 8.28. The average Bonchev–Trinajstić information content (AvgIpc) is 3.13. The molecule has 0 aliphatic carbocycles. The number of hydrogen-bond donors (Lipinski definition) is 1. The first-order chi connectivity index (χ1) is 12.0. The molecule has 6 nitrogen and oxygen atoms in total. The van der Waals surface area contributed by atoms with E-state index in [9.17, 15) is 9.59 Å². The lowest BCUT2D eigenvalue weighted by Crippen LogP contribution is -2.38. The number of amides is 2. The van der Waals surface area contributed by atoms with E-state index in [4.69, 9.17) is 0 Å². The van der Waals surface area contributed by atoms with E-state index in [2.05, 4.69) is 22.5 Å². The van der Waals surface area contributed by atoms with Crippen molar-refractivity contribution in [3.05, 3.63) is 47.3 Å². The molecule has 25 heavy (non-hydrogen) atoms. The number of rotatable bonds is 6. The van der Waals surface area contributed by atoms with Crippen LogP contribution >= 0.6 is 11.8 Å². The monoisotopic (exact) mass is 358 g/mol. The quantitative estimate of drug-likeness (QED) is 0.853. The highest BCUT2D eigenvalue weighted by molar-refractivity contribution is 8.00. The number of nitrogens with one attached hydrogen (secondary N) is 1. The molecule has 1 saturated heterocycles. The lowest BCUT2D eigenvalue weighted by atomic mass is 10.1. The van der Waals surface area contributed by atoms with E-state index in [1.165, 1.54) is 0 Å². The van der Waals surface area contributed by atoms with E-state index >= 15 is 0 Å². The summed E-state index contributed by atoms with van der Waals surface area (Å²) in [5, 5.41) is 7.35. The van der Waals surface area contributed by atoms with Crippen LogP contribution in [0.2, 0.25) is 0 Å². The third-order valence-corrected chi connectivity index (χ3v) is 5.03. The number of benzene rings is 1. The van der Waals surface area contributed by atoms with E-state index in [-0.39, 0.29) is 18.4 Å². The van der Waals surface area contributed by atoms with Crippen molar-refractivity contribution in [1.82, 2.24) is 20.0 Å². The smallest absolute Gasteiger partial charge is 0.239 e. The summed E-state index contributed by atoms with van der Waals surface area (Å²) in [7, 11) is 0. The minimum atomic E-state index is -0.102. The molecular weight excluding hydrogens is 336 g/mol. The van der Waals surface area contributed by atoms with E-state index in [1.54, 1.807) is 16.7 Å². The molecule has 0 spiro atoms. The summed E-state index contributed by atoms with van der Waals surface area (Å²) < 4.78 is 1.92. The van der Waals surface area contributed by atoms with Crippen LogP contribution in [-0.4, -0.2) is 51.2 Å². The van der Waals surface area contributed by atoms with Gasteiger partial charge in [-0.25, -0.2) is 4.68 Å². The number of carbonyl (C=O) groups excluding carboxylic acids is 2. The lowest BCUT2D eigenvalue weighted by Gasteiger charge is -2.14.